The Morgan fingerprint density at radius 2 is 2.14 bits per heavy atom. The number of hydrogen-bond acceptors (Lipinski definition) is 3. The van der Waals surface area contributed by atoms with Crippen molar-refractivity contribution in [3.05, 3.63) is 0 Å². The van der Waals surface area contributed by atoms with E-state index < -0.39 is 5.97 Å². The maximum atomic E-state index is 10.8. The summed E-state index contributed by atoms with van der Waals surface area (Å²) in [7, 11) is 0. The fourth-order valence-corrected chi connectivity index (χ4v) is 1.70. The Bertz CT molecular complexity index is 259. The molecule has 1 aliphatic rings. The van der Waals surface area contributed by atoms with Gasteiger partial charge in [-0.25, -0.2) is 0 Å². The second-order valence-electron chi connectivity index (χ2n) is 4.73. The first-order chi connectivity index (χ1) is 6.37. The lowest BCUT2D eigenvalue weighted by Gasteiger charge is -2.01. The molecule has 0 aliphatic heterocycles. The number of carbonyl (C=O) groups is 1. The zero-order chi connectivity index (χ0) is 10.9. The van der Waals surface area contributed by atoms with Crippen molar-refractivity contribution in [1.29, 1.82) is 0 Å². The Kier molecular flexibility index (Phi) is 2.83. The number of nitrogens with zero attached hydrogens (tertiary/aromatic N) is 1. The molecule has 14 heavy (non-hydrogen) atoms. The van der Waals surface area contributed by atoms with E-state index in [0.717, 1.165) is 0 Å². The van der Waals surface area contributed by atoms with Gasteiger partial charge in [0.05, 0.1) is 5.92 Å². The van der Waals surface area contributed by atoms with Gasteiger partial charge in [0.1, 0.15) is 0 Å². The fraction of sp³-hybridized carbons (Fsp3) is 0.800. The zero-order valence-corrected chi connectivity index (χ0v) is 9.11. The van der Waals surface area contributed by atoms with Crippen molar-refractivity contribution in [2.45, 2.75) is 33.7 Å². The molecule has 0 radical (unpaired) electrons. The smallest absolute Gasteiger partial charge is 0.307 e. The minimum Gasteiger partial charge on any atom is -0.481 e. The Morgan fingerprint density at radius 1 is 1.57 bits per heavy atom. The molecule has 0 aromatic rings. The molecule has 4 nitrogen and oxygen atoms in total. The number of carboxylic acids is 1. The number of hydrogen-bond donors (Lipinski definition) is 2. The highest BCUT2D eigenvalue weighted by Crippen LogP contribution is 2.57. The van der Waals surface area contributed by atoms with E-state index in [2.05, 4.69) is 10.5 Å². The van der Waals surface area contributed by atoms with Crippen LogP contribution in [0.4, 0.5) is 0 Å². The average Bonchev–Trinajstić information content (AvgIpc) is 2.52. The number of hydrazone groups is 1. The average molecular weight is 198 g/mol. The molecule has 1 fully saturated rings. The molecular weight excluding hydrogens is 180 g/mol. The largest absolute Gasteiger partial charge is 0.481 e. The van der Waals surface area contributed by atoms with Gasteiger partial charge >= 0.3 is 5.97 Å². The van der Waals surface area contributed by atoms with Gasteiger partial charge in [-0.3, -0.25) is 4.79 Å². The van der Waals surface area contributed by atoms with E-state index >= 15 is 0 Å². The fourth-order valence-electron chi connectivity index (χ4n) is 1.70. The van der Waals surface area contributed by atoms with Crippen LogP contribution in [0.15, 0.2) is 5.10 Å². The third-order valence-electron chi connectivity index (χ3n) is 2.74. The van der Waals surface area contributed by atoms with Crippen LogP contribution in [0.3, 0.4) is 0 Å². The van der Waals surface area contributed by atoms with Crippen LogP contribution < -0.4 is 5.43 Å². The topological polar surface area (TPSA) is 61.7 Å². The second-order valence-corrected chi connectivity index (χ2v) is 4.73. The van der Waals surface area contributed by atoms with Gasteiger partial charge in [-0.15, -0.1) is 0 Å². The molecule has 0 aromatic carbocycles. The molecule has 0 aromatic heterocycles. The lowest BCUT2D eigenvalue weighted by Crippen LogP contribution is -2.16. The van der Waals surface area contributed by atoms with Gasteiger partial charge in [-0.1, -0.05) is 13.8 Å². The molecule has 0 spiro atoms. The molecule has 80 valence electrons. The summed E-state index contributed by atoms with van der Waals surface area (Å²) in [6, 6.07) is 0.288. The Balaban J connectivity index is 2.49. The van der Waals surface area contributed by atoms with Gasteiger partial charge in [-0.05, 0) is 19.3 Å². The van der Waals surface area contributed by atoms with Crippen molar-refractivity contribution in [2.75, 3.05) is 0 Å². The van der Waals surface area contributed by atoms with Gasteiger partial charge < -0.3 is 10.5 Å². The van der Waals surface area contributed by atoms with E-state index in [1.165, 1.54) is 0 Å². The van der Waals surface area contributed by atoms with Crippen LogP contribution in [0.1, 0.15) is 27.7 Å². The summed E-state index contributed by atoms with van der Waals surface area (Å²) in [6.07, 6.45) is 1.72. The molecule has 2 atom stereocenters. The first kappa shape index (κ1) is 11.0. The van der Waals surface area contributed by atoms with Crippen LogP contribution in [-0.4, -0.2) is 23.3 Å². The number of nitrogens with one attached hydrogen (secondary N) is 1. The van der Waals surface area contributed by atoms with Crippen LogP contribution in [-0.2, 0) is 4.79 Å². The number of aliphatic carboxylic acids is 1. The molecule has 0 heterocycles. The molecular formula is C10H18N2O2. The molecule has 1 aliphatic carbocycles. The minimum atomic E-state index is -0.726. The second kappa shape index (κ2) is 3.59. The van der Waals surface area contributed by atoms with Crippen molar-refractivity contribution in [2.24, 2.45) is 22.4 Å². The van der Waals surface area contributed by atoms with E-state index in [0.29, 0.717) is 0 Å². The summed E-state index contributed by atoms with van der Waals surface area (Å²) >= 11 is 0. The normalized spacial score (nSPS) is 29.5. The van der Waals surface area contributed by atoms with Crippen molar-refractivity contribution in [1.82, 2.24) is 5.43 Å². The Labute approximate surface area is 84.4 Å². The molecule has 0 bridgehead atoms. The molecule has 1 rings (SSSR count). The summed E-state index contributed by atoms with van der Waals surface area (Å²) in [5.74, 6) is -0.942. The van der Waals surface area contributed by atoms with Crippen LogP contribution in [0.2, 0.25) is 0 Å². The third-order valence-corrected chi connectivity index (χ3v) is 2.74. The molecule has 1 saturated carbocycles. The predicted octanol–water partition coefficient (Wildman–Crippen LogP) is 1.33. The summed E-state index contributed by atoms with van der Waals surface area (Å²) in [6.45, 7) is 7.89. The van der Waals surface area contributed by atoms with Crippen molar-refractivity contribution in [3.63, 3.8) is 0 Å². The maximum absolute atomic E-state index is 10.8. The molecule has 4 heteroatoms. The quantitative estimate of drug-likeness (QED) is 0.529. The van der Waals surface area contributed by atoms with Gasteiger partial charge in [0, 0.05) is 18.2 Å². The lowest BCUT2D eigenvalue weighted by atomic mass is 10.1. The van der Waals surface area contributed by atoms with Gasteiger partial charge in [-0.2, -0.15) is 5.10 Å². The van der Waals surface area contributed by atoms with Gasteiger partial charge in [0.25, 0.3) is 0 Å². The highest BCUT2D eigenvalue weighted by molar-refractivity contribution is 5.84. The van der Waals surface area contributed by atoms with Crippen molar-refractivity contribution in [3.8, 4) is 0 Å². The van der Waals surface area contributed by atoms with Crippen LogP contribution in [0.25, 0.3) is 0 Å². The molecule has 1 unspecified atom stereocenters. The minimum absolute atomic E-state index is 0.0613. The first-order valence-corrected chi connectivity index (χ1v) is 4.89. The summed E-state index contributed by atoms with van der Waals surface area (Å²) in [5.41, 5.74) is 2.75. The highest BCUT2D eigenvalue weighted by Gasteiger charge is 2.61. The number of carboxylic acid groups (broad SMARTS) is 1. The van der Waals surface area contributed by atoms with E-state index in [9.17, 15) is 4.79 Å². The van der Waals surface area contributed by atoms with E-state index in [4.69, 9.17) is 5.11 Å². The predicted molar refractivity (Wildman–Crippen MR) is 55.2 cm³/mol. The highest BCUT2D eigenvalue weighted by atomic mass is 16.4. The summed E-state index contributed by atoms with van der Waals surface area (Å²) in [4.78, 5) is 10.8. The lowest BCUT2D eigenvalue weighted by molar-refractivity contribution is -0.139. The maximum Gasteiger partial charge on any atom is 0.307 e. The zero-order valence-electron chi connectivity index (χ0n) is 9.11. The number of rotatable bonds is 4. The van der Waals surface area contributed by atoms with E-state index in [1.807, 2.05) is 27.7 Å². The molecule has 2 N–H and O–H groups in total. The molecule has 0 amide bonds. The Morgan fingerprint density at radius 3 is 2.50 bits per heavy atom. The Hall–Kier alpha value is -1.06. The summed E-state index contributed by atoms with van der Waals surface area (Å²) < 4.78 is 0. The molecule has 0 saturated heterocycles. The monoisotopic (exact) mass is 198 g/mol. The van der Waals surface area contributed by atoms with Crippen molar-refractivity contribution >= 4 is 12.2 Å². The van der Waals surface area contributed by atoms with Crippen LogP contribution in [0, 0.1) is 17.3 Å². The first-order valence-electron chi connectivity index (χ1n) is 4.89. The van der Waals surface area contributed by atoms with E-state index in [1.54, 1.807) is 6.21 Å². The van der Waals surface area contributed by atoms with Crippen LogP contribution >= 0.6 is 0 Å². The van der Waals surface area contributed by atoms with Crippen LogP contribution in [0.5, 0.6) is 0 Å². The third kappa shape index (κ3) is 2.05. The van der Waals surface area contributed by atoms with E-state index in [-0.39, 0.29) is 23.3 Å². The summed E-state index contributed by atoms with van der Waals surface area (Å²) in [5, 5.41) is 12.9. The van der Waals surface area contributed by atoms with Gasteiger partial charge in [0.2, 0.25) is 0 Å². The van der Waals surface area contributed by atoms with Gasteiger partial charge in [0.15, 0.2) is 0 Å². The van der Waals surface area contributed by atoms with Crippen molar-refractivity contribution < 1.29 is 9.90 Å². The standard InChI is InChI=1S/C10H18N2O2/c1-6(2)12-11-5-7-8(9(13)14)10(7,3)4/h5-8,12H,1-4H3,(H,13,14)/t7?,8-/m0/s1. The SMILES string of the molecule is CC(C)NN=CC1[C@@H](C(=O)O)C1(C)C.